The molecule has 25 heavy (non-hydrogen) atoms. The predicted octanol–water partition coefficient (Wildman–Crippen LogP) is 2.76. The molecule has 1 aromatic carbocycles. The van der Waals surface area contributed by atoms with Gasteiger partial charge in [-0.15, -0.1) is 11.3 Å². The number of carbonyl (C=O) groups is 1. The van der Waals surface area contributed by atoms with Crippen molar-refractivity contribution >= 4 is 17.2 Å². The molecule has 5 nitrogen and oxygen atoms in total. The number of amides is 1. The van der Waals surface area contributed by atoms with Crippen LogP contribution in [-0.4, -0.2) is 42.2 Å². The molecule has 2 N–H and O–H groups in total. The highest BCUT2D eigenvalue weighted by Crippen LogP contribution is 2.39. The van der Waals surface area contributed by atoms with E-state index in [1.54, 1.807) is 17.4 Å². The zero-order valence-corrected chi connectivity index (χ0v) is 15.1. The molecule has 1 atom stereocenters. The summed E-state index contributed by atoms with van der Waals surface area (Å²) in [6, 6.07) is 7.93. The fraction of sp³-hybridized carbons (Fsp3) is 0.421. The number of nitrogens with zero attached hydrogens (tertiary/aromatic N) is 1. The van der Waals surface area contributed by atoms with E-state index in [9.17, 15) is 9.90 Å². The van der Waals surface area contributed by atoms with Crippen molar-refractivity contribution < 1.29 is 14.6 Å². The zero-order chi connectivity index (χ0) is 17.4. The van der Waals surface area contributed by atoms with E-state index in [1.165, 1.54) is 4.88 Å². The van der Waals surface area contributed by atoms with Crippen molar-refractivity contribution in [2.75, 3.05) is 26.2 Å². The summed E-state index contributed by atoms with van der Waals surface area (Å²) in [6.07, 6.45) is 0.892. The molecule has 2 aromatic rings. The van der Waals surface area contributed by atoms with E-state index in [2.05, 4.69) is 24.4 Å². The molecule has 0 radical (unpaired) electrons. The topological polar surface area (TPSA) is 61.8 Å². The highest BCUT2D eigenvalue weighted by atomic mass is 32.1. The van der Waals surface area contributed by atoms with E-state index >= 15 is 0 Å². The highest BCUT2D eigenvalue weighted by Gasteiger charge is 2.29. The standard InChI is InChI=1S/C19H22N2O3S/c1-12-2-3-17(25-12)14-8-15-11-21(19(23)13-4-5-20-10-13)6-7-24-18(15)16(22)9-14/h2-3,8-9,13,20,22H,4-7,10-11H2,1H3/t13-/m1/s1. The van der Waals surface area contributed by atoms with Gasteiger partial charge in [0.05, 0.1) is 12.5 Å². The first kappa shape index (κ1) is 16.4. The summed E-state index contributed by atoms with van der Waals surface area (Å²) in [5.74, 6) is 0.892. The minimum absolute atomic E-state index is 0.0540. The van der Waals surface area contributed by atoms with E-state index in [-0.39, 0.29) is 17.6 Å². The lowest BCUT2D eigenvalue weighted by atomic mass is 10.0. The Morgan fingerprint density at radius 2 is 2.28 bits per heavy atom. The van der Waals surface area contributed by atoms with E-state index in [4.69, 9.17) is 4.74 Å². The Morgan fingerprint density at radius 3 is 3.00 bits per heavy atom. The zero-order valence-electron chi connectivity index (χ0n) is 14.2. The van der Waals surface area contributed by atoms with Crippen LogP contribution in [0.2, 0.25) is 0 Å². The second kappa shape index (κ2) is 6.69. The van der Waals surface area contributed by atoms with Crippen molar-refractivity contribution in [3.8, 4) is 21.9 Å². The maximum Gasteiger partial charge on any atom is 0.227 e. The van der Waals surface area contributed by atoms with Gasteiger partial charge in [-0.05, 0) is 49.7 Å². The third-order valence-electron chi connectivity index (χ3n) is 4.86. The number of hydrogen-bond donors (Lipinski definition) is 2. The van der Waals surface area contributed by atoms with Crippen LogP contribution in [0.25, 0.3) is 10.4 Å². The van der Waals surface area contributed by atoms with Crippen LogP contribution in [-0.2, 0) is 11.3 Å². The van der Waals surface area contributed by atoms with Crippen molar-refractivity contribution in [3.63, 3.8) is 0 Å². The van der Waals surface area contributed by atoms with Gasteiger partial charge < -0.3 is 20.1 Å². The third-order valence-corrected chi connectivity index (χ3v) is 5.91. The normalized spacial score (nSPS) is 20.0. The predicted molar refractivity (Wildman–Crippen MR) is 98.0 cm³/mol. The molecule has 4 rings (SSSR count). The first-order valence-corrected chi connectivity index (χ1v) is 9.48. The molecular formula is C19H22N2O3S. The van der Waals surface area contributed by atoms with Crippen LogP contribution in [0.1, 0.15) is 16.9 Å². The number of ether oxygens (including phenoxy) is 1. The summed E-state index contributed by atoms with van der Waals surface area (Å²) in [6.45, 7) is 5.16. The molecule has 6 heteroatoms. The number of fused-ring (bicyclic) bond motifs is 1. The fourth-order valence-electron chi connectivity index (χ4n) is 3.54. The fourth-order valence-corrected chi connectivity index (χ4v) is 4.40. The van der Waals surface area contributed by atoms with Crippen molar-refractivity contribution in [3.05, 3.63) is 34.7 Å². The molecule has 1 saturated heterocycles. The summed E-state index contributed by atoms with van der Waals surface area (Å²) in [7, 11) is 0. The van der Waals surface area contributed by atoms with Crippen molar-refractivity contribution in [1.82, 2.24) is 10.2 Å². The molecule has 132 valence electrons. The lowest BCUT2D eigenvalue weighted by Crippen LogP contribution is -2.37. The first-order chi connectivity index (χ1) is 12.1. The van der Waals surface area contributed by atoms with Crippen LogP contribution < -0.4 is 10.1 Å². The van der Waals surface area contributed by atoms with E-state index < -0.39 is 0 Å². The van der Waals surface area contributed by atoms with E-state index in [1.807, 2.05) is 11.0 Å². The Balaban J connectivity index is 1.65. The molecular weight excluding hydrogens is 336 g/mol. The van der Waals surface area contributed by atoms with Gasteiger partial charge in [0.2, 0.25) is 5.91 Å². The SMILES string of the molecule is Cc1ccc(-c2cc(O)c3c(c2)CN(C(=O)[C@@H]2CCNC2)CCO3)s1. The van der Waals surface area contributed by atoms with Crippen molar-refractivity contribution in [2.45, 2.75) is 19.9 Å². The number of nitrogens with one attached hydrogen (secondary N) is 1. The van der Waals surface area contributed by atoms with Gasteiger partial charge >= 0.3 is 0 Å². The number of phenols is 1. The van der Waals surface area contributed by atoms with Gasteiger partial charge in [-0.2, -0.15) is 0 Å². The van der Waals surface area contributed by atoms with Crippen LogP contribution >= 0.6 is 11.3 Å². The lowest BCUT2D eigenvalue weighted by Gasteiger charge is -2.23. The highest BCUT2D eigenvalue weighted by molar-refractivity contribution is 7.15. The van der Waals surface area contributed by atoms with E-state index in [0.717, 1.165) is 35.5 Å². The minimum Gasteiger partial charge on any atom is -0.504 e. The summed E-state index contributed by atoms with van der Waals surface area (Å²) < 4.78 is 5.76. The molecule has 0 saturated carbocycles. The third kappa shape index (κ3) is 3.24. The maximum absolute atomic E-state index is 12.8. The maximum atomic E-state index is 12.8. The van der Waals surface area contributed by atoms with Crippen LogP contribution in [0.15, 0.2) is 24.3 Å². The molecule has 0 bridgehead atoms. The number of aromatic hydroxyl groups is 1. The van der Waals surface area contributed by atoms with Crippen LogP contribution in [0.3, 0.4) is 0 Å². The van der Waals surface area contributed by atoms with Crippen molar-refractivity contribution in [1.29, 1.82) is 0 Å². The quantitative estimate of drug-likeness (QED) is 0.867. The monoisotopic (exact) mass is 358 g/mol. The number of hydrogen-bond acceptors (Lipinski definition) is 5. The van der Waals surface area contributed by atoms with Crippen LogP contribution in [0.4, 0.5) is 0 Å². The summed E-state index contributed by atoms with van der Waals surface area (Å²) in [4.78, 5) is 17.0. The van der Waals surface area contributed by atoms with Gasteiger partial charge in [0.1, 0.15) is 6.61 Å². The van der Waals surface area contributed by atoms with Gasteiger partial charge in [0.15, 0.2) is 11.5 Å². The summed E-state index contributed by atoms with van der Waals surface area (Å²) in [5.41, 5.74) is 1.84. The Labute approximate surface area is 151 Å². The second-order valence-electron chi connectivity index (χ2n) is 6.69. The summed E-state index contributed by atoms with van der Waals surface area (Å²) >= 11 is 1.69. The molecule has 1 amide bonds. The summed E-state index contributed by atoms with van der Waals surface area (Å²) in [5, 5.41) is 13.7. The molecule has 1 fully saturated rings. The molecule has 3 heterocycles. The average molecular weight is 358 g/mol. The van der Waals surface area contributed by atoms with Gasteiger partial charge in [0, 0.05) is 28.4 Å². The smallest absolute Gasteiger partial charge is 0.227 e. The average Bonchev–Trinajstić information content (AvgIpc) is 3.22. The van der Waals surface area contributed by atoms with Gasteiger partial charge in [-0.3, -0.25) is 4.79 Å². The first-order valence-electron chi connectivity index (χ1n) is 8.67. The number of carbonyl (C=O) groups excluding carboxylic acids is 1. The molecule has 0 unspecified atom stereocenters. The van der Waals surface area contributed by atoms with Gasteiger partial charge in [0.25, 0.3) is 0 Å². The largest absolute Gasteiger partial charge is 0.504 e. The Bertz CT molecular complexity index is 796. The van der Waals surface area contributed by atoms with Crippen molar-refractivity contribution in [2.24, 2.45) is 5.92 Å². The minimum atomic E-state index is 0.0540. The van der Waals surface area contributed by atoms with E-state index in [0.29, 0.717) is 25.4 Å². The van der Waals surface area contributed by atoms with Crippen LogP contribution in [0, 0.1) is 12.8 Å². The molecule has 1 aromatic heterocycles. The Morgan fingerprint density at radius 1 is 1.40 bits per heavy atom. The molecule has 0 aliphatic carbocycles. The Hall–Kier alpha value is -2.05. The number of aryl methyl sites for hydroxylation is 1. The van der Waals surface area contributed by atoms with Crippen LogP contribution in [0.5, 0.6) is 11.5 Å². The molecule has 2 aliphatic rings. The second-order valence-corrected chi connectivity index (χ2v) is 7.98. The number of rotatable bonds is 2. The Kier molecular flexibility index (Phi) is 4.39. The number of thiophene rings is 1. The van der Waals surface area contributed by atoms with Gasteiger partial charge in [-0.25, -0.2) is 0 Å². The number of phenolic OH excluding ortho intramolecular Hbond substituents is 1. The molecule has 2 aliphatic heterocycles. The molecule has 0 spiro atoms. The lowest BCUT2D eigenvalue weighted by molar-refractivity contribution is -0.135. The van der Waals surface area contributed by atoms with Gasteiger partial charge in [-0.1, -0.05) is 0 Å². The number of benzene rings is 1.